The van der Waals surface area contributed by atoms with Crippen molar-refractivity contribution in [3.05, 3.63) is 66.7 Å². The molecule has 0 amide bonds. The fraction of sp³-hybridized carbons (Fsp3) is 0.250. The van der Waals surface area contributed by atoms with E-state index in [4.69, 9.17) is 4.98 Å². The predicted molar refractivity (Wildman–Crippen MR) is 101 cm³/mol. The van der Waals surface area contributed by atoms with E-state index in [2.05, 4.69) is 25.8 Å². The van der Waals surface area contributed by atoms with Crippen molar-refractivity contribution in [1.82, 2.24) is 19.9 Å². The van der Waals surface area contributed by atoms with Gasteiger partial charge in [-0.1, -0.05) is 6.07 Å². The van der Waals surface area contributed by atoms with E-state index in [9.17, 15) is 5.11 Å². The smallest absolute Gasteiger partial charge is 0.147 e. The third kappa shape index (κ3) is 3.81. The second kappa shape index (κ2) is 7.49. The van der Waals surface area contributed by atoms with E-state index in [-0.39, 0.29) is 5.75 Å². The third-order valence-electron chi connectivity index (χ3n) is 4.59. The van der Waals surface area contributed by atoms with Crippen molar-refractivity contribution < 1.29 is 5.11 Å². The molecule has 0 bridgehead atoms. The first kappa shape index (κ1) is 16.5. The van der Waals surface area contributed by atoms with Gasteiger partial charge in [0, 0.05) is 44.5 Å². The van der Waals surface area contributed by atoms with Gasteiger partial charge in [-0.05, 0) is 36.4 Å². The maximum Gasteiger partial charge on any atom is 0.147 e. The van der Waals surface area contributed by atoms with E-state index in [0.717, 1.165) is 55.5 Å². The van der Waals surface area contributed by atoms with E-state index in [1.807, 2.05) is 36.7 Å². The van der Waals surface area contributed by atoms with Crippen molar-refractivity contribution >= 4 is 5.82 Å². The highest BCUT2D eigenvalue weighted by atomic mass is 16.3. The quantitative estimate of drug-likeness (QED) is 0.782. The number of phenolic OH excluding ortho intramolecular Hbond substituents is 1. The van der Waals surface area contributed by atoms with E-state index < -0.39 is 0 Å². The Hall–Kier alpha value is -2.99. The molecular formula is C20H21N5O. The molecule has 0 spiro atoms. The van der Waals surface area contributed by atoms with Crippen LogP contribution in [0.25, 0.3) is 11.3 Å². The Balaban J connectivity index is 1.41. The van der Waals surface area contributed by atoms with Gasteiger partial charge in [-0.2, -0.15) is 0 Å². The van der Waals surface area contributed by atoms with Crippen molar-refractivity contribution in [3.8, 4) is 17.0 Å². The van der Waals surface area contributed by atoms with Crippen LogP contribution in [0.3, 0.4) is 0 Å². The Morgan fingerprint density at radius 3 is 2.46 bits per heavy atom. The number of pyridine rings is 1. The van der Waals surface area contributed by atoms with Crippen LogP contribution in [0.2, 0.25) is 0 Å². The molecule has 1 aliphatic heterocycles. The minimum absolute atomic E-state index is 0.252. The van der Waals surface area contributed by atoms with Gasteiger partial charge in [0.25, 0.3) is 0 Å². The minimum Gasteiger partial charge on any atom is -0.508 e. The average Bonchev–Trinajstić information content (AvgIpc) is 2.70. The number of hydrogen-bond donors (Lipinski definition) is 1. The fourth-order valence-corrected chi connectivity index (χ4v) is 3.14. The molecular weight excluding hydrogens is 326 g/mol. The summed E-state index contributed by atoms with van der Waals surface area (Å²) in [4.78, 5) is 18.2. The first-order valence-corrected chi connectivity index (χ1v) is 8.76. The Morgan fingerprint density at radius 2 is 1.73 bits per heavy atom. The van der Waals surface area contributed by atoms with Crippen LogP contribution in [0.4, 0.5) is 5.82 Å². The summed E-state index contributed by atoms with van der Waals surface area (Å²) in [6, 6.07) is 13.1. The molecule has 0 aliphatic carbocycles. The van der Waals surface area contributed by atoms with Crippen LogP contribution >= 0.6 is 0 Å². The summed E-state index contributed by atoms with van der Waals surface area (Å²) in [5.41, 5.74) is 2.87. The van der Waals surface area contributed by atoms with Crippen molar-refractivity contribution in [2.75, 3.05) is 31.1 Å². The standard InChI is InChI=1S/C20H21N5O/c26-18-6-4-16(5-7-18)19-13-21-14-20(23-19)25-11-9-24(10-12-25)15-17-3-1-2-8-22-17/h1-8,13-14,26H,9-12,15H2. The van der Waals surface area contributed by atoms with E-state index >= 15 is 0 Å². The monoisotopic (exact) mass is 347 g/mol. The van der Waals surface area contributed by atoms with Gasteiger partial charge in [0.1, 0.15) is 11.6 Å². The summed E-state index contributed by atoms with van der Waals surface area (Å²) in [5.74, 6) is 1.15. The lowest BCUT2D eigenvalue weighted by molar-refractivity contribution is 0.246. The van der Waals surface area contributed by atoms with Crippen LogP contribution in [0, 0.1) is 0 Å². The highest BCUT2D eigenvalue weighted by molar-refractivity contribution is 5.61. The fourth-order valence-electron chi connectivity index (χ4n) is 3.14. The number of phenols is 1. The highest BCUT2D eigenvalue weighted by Crippen LogP contribution is 2.22. The highest BCUT2D eigenvalue weighted by Gasteiger charge is 2.19. The Bertz CT molecular complexity index is 846. The summed E-state index contributed by atoms with van der Waals surface area (Å²) in [6.07, 6.45) is 5.42. The lowest BCUT2D eigenvalue weighted by atomic mass is 10.1. The van der Waals surface area contributed by atoms with E-state index in [1.165, 1.54) is 0 Å². The Kier molecular flexibility index (Phi) is 4.75. The SMILES string of the molecule is Oc1ccc(-c2cncc(N3CCN(Cc4ccccn4)CC3)n2)cc1. The zero-order valence-corrected chi connectivity index (χ0v) is 14.5. The molecule has 0 saturated carbocycles. The number of nitrogens with zero attached hydrogens (tertiary/aromatic N) is 5. The average molecular weight is 347 g/mol. The van der Waals surface area contributed by atoms with Gasteiger partial charge in [-0.3, -0.25) is 14.9 Å². The van der Waals surface area contributed by atoms with Crippen LogP contribution in [0.1, 0.15) is 5.69 Å². The normalized spacial score (nSPS) is 15.2. The molecule has 132 valence electrons. The number of anilines is 1. The van der Waals surface area contributed by atoms with Crippen LogP contribution in [0.5, 0.6) is 5.75 Å². The molecule has 6 nitrogen and oxygen atoms in total. The zero-order valence-electron chi connectivity index (χ0n) is 14.5. The maximum atomic E-state index is 9.44. The van der Waals surface area contributed by atoms with E-state index in [0.29, 0.717) is 0 Å². The molecule has 0 unspecified atom stereocenters. The molecule has 3 heterocycles. The molecule has 3 aromatic rings. The van der Waals surface area contributed by atoms with Crippen LogP contribution in [-0.2, 0) is 6.54 Å². The van der Waals surface area contributed by atoms with Gasteiger partial charge >= 0.3 is 0 Å². The number of aromatic hydroxyl groups is 1. The molecule has 4 rings (SSSR count). The summed E-state index contributed by atoms with van der Waals surface area (Å²) >= 11 is 0. The van der Waals surface area contributed by atoms with Crippen LogP contribution < -0.4 is 4.90 Å². The van der Waals surface area contributed by atoms with Gasteiger partial charge in [0.2, 0.25) is 0 Å². The second-order valence-corrected chi connectivity index (χ2v) is 6.39. The molecule has 2 aromatic heterocycles. The van der Waals surface area contributed by atoms with Crippen molar-refractivity contribution in [2.45, 2.75) is 6.54 Å². The van der Waals surface area contributed by atoms with Gasteiger partial charge in [0.15, 0.2) is 0 Å². The summed E-state index contributed by atoms with van der Waals surface area (Å²) in [6.45, 7) is 4.67. The van der Waals surface area contributed by atoms with E-state index in [1.54, 1.807) is 18.3 Å². The molecule has 0 atom stereocenters. The molecule has 1 saturated heterocycles. The third-order valence-corrected chi connectivity index (χ3v) is 4.59. The van der Waals surface area contributed by atoms with Crippen LogP contribution in [-0.4, -0.2) is 51.1 Å². The summed E-state index contributed by atoms with van der Waals surface area (Å²) < 4.78 is 0. The topological polar surface area (TPSA) is 65.4 Å². The summed E-state index contributed by atoms with van der Waals surface area (Å²) in [7, 11) is 0. The number of aromatic nitrogens is 3. The van der Waals surface area contributed by atoms with Crippen LogP contribution in [0.15, 0.2) is 61.1 Å². The molecule has 1 N–H and O–H groups in total. The van der Waals surface area contributed by atoms with Gasteiger partial charge in [0.05, 0.1) is 23.8 Å². The number of hydrogen-bond acceptors (Lipinski definition) is 6. The van der Waals surface area contributed by atoms with Gasteiger partial charge in [-0.25, -0.2) is 4.98 Å². The number of benzene rings is 1. The largest absolute Gasteiger partial charge is 0.508 e. The first-order chi connectivity index (χ1) is 12.8. The van der Waals surface area contributed by atoms with Crippen molar-refractivity contribution in [3.63, 3.8) is 0 Å². The maximum absolute atomic E-state index is 9.44. The molecule has 1 aliphatic rings. The molecule has 26 heavy (non-hydrogen) atoms. The number of piperazine rings is 1. The predicted octanol–water partition coefficient (Wildman–Crippen LogP) is 2.57. The van der Waals surface area contributed by atoms with Crippen molar-refractivity contribution in [1.29, 1.82) is 0 Å². The lowest BCUT2D eigenvalue weighted by Gasteiger charge is -2.35. The number of rotatable bonds is 4. The minimum atomic E-state index is 0.252. The Labute approximate surface area is 152 Å². The van der Waals surface area contributed by atoms with Gasteiger partial charge in [-0.15, -0.1) is 0 Å². The zero-order chi connectivity index (χ0) is 17.8. The molecule has 1 fully saturated rings. The molecule has 1 aromatic carbocycles. The van der Waals surface area contributed by atoms with Gasteiger partial charge < -0.3 is 10.0 Å². The van der Waals surface area contributed by atoms with Crippen molar-refractivity contribution in [2.24, 2.45) is 0 Å². The summed E-state index contributed by atoms with van der Waals surface area (Å²) in [5, 5.41) is 9.44. The second-order valence-electron chi connectivity index (χ2n) is 6.39. The lowest BCUT2D eigenvalue weighted by Crippen LogP contribution is -2.46. The molecule has 6 heteroatoms. The Morgan fingerprint density at radius 1 is 0.923 bits per heavy atom. The first-order valence-electron chi connectivity index (χ1n) is 8.76. The molecule has 0 radical (unpaired) electrons.